The van der Waals surface area contributed by atoms with Gasteiger partial charge in [0, 0.05) is 32.2 Å². The lowest BCUT2D eigenvalue weighted by Gasteiger charge is -2.12. The van der Waals surface area contributed by atoms with Gasteiger partial charge in [-0.1, -0.05) is 0 Å². The van der Waals surface area contributed by atoms with Gasteiger partial charge in [-0.15, -0.1) is 0 Å². The summed E-state index contributed by atoms with van der Waals surface area (Å²) >= 11 is 0. The highest BCUT2D eigenvalue weighted by atomic mass is 16.3. The van der Waals surface area contributed by atoms with Crippen molar-refractivity contribution in [1.82, 2.24) is 9.97 Å². The zero-order valence-electron chi connectivity index (χ0n) is 9.13. The molecule has 6 N–H and O–H groups in total. The van der Waals surface area contributed by atoms with Gasteiger partial charge in [0.1, 0.15) is 0 Å². The molecule has 16 heavy (non-hydrogen) atoms. The first-order valence-electron chi connectivity index (χ1n) is 5.20. The van der Waals surface area contributed by atoms with Crippen molar-refractivity contribution in [3.8, 4) is 0 Å². The lowest BCUT2D eigenvalue weighted by molar-refractivity contribution is 0.149. The quantitative estimate of drug-likeness (QED) is 0.470. The summed E-state index contributed by atoms with van der Waals surface area (Å²) in [4.78, 5) is 8.47. The number of nitrogens with two attached hydrogens (primary N) is 2. The topological polar surface area (TPSA) is 118 Å². The third-order valence-corrected chi connectivity index (χ3v) is 2.38. The molecule has 0 aliphatic heterocycles. The van der Waals surface area contributed by atoms with Crippen molar-refractivity contribution in [1.29, 1.82) is 0 Å². The fourth-order valence-corrected chi connectivity index (χ4v) is 1.39. The third-order valence-electron chi connectivity index (χ3n) is 2.38. The van der Waals surface area contributed by atoms with Gasteiger partial charge in [-0.2, -0.15) is 0 Å². The summed E-state index contributed by atoms with van der Waals surface area (Å²) in [5.74, 6) is -0.219. The van der Waals surface area contributed by atoms with Crippen molar-refractivity contribution >= 4 is 0 Å². The van der Waals surface area contributed by atoms with Gasteiger partial charge in [0.2, 0.25) is 0 Å². The number of hydrogen-bond donors (Lipinski definition) is 4. The smallest absolute Gasteiger partial charge is 0.0758 e. The molecule has 0 aliphatic rings. The molecule has 0 bridgehead atoms. The zero-order chi connectivity index (χ0) is 12.0. The maximum atomic E-state index is 8.99. The molecule has 0 spiro atoms. The van der Waals surface area contributed by atoms with E-state index in [-0.39, 0.29) is 25.7 Å². The normalized spacial score (nSPS) is 11.1. The molecule has 0 unspecified atom stereocenters. The summed E-state index contributed by atoms with van der Waals surface area (Å²) in [5.41, 5.74) is 13.1. The van der Waals surface area contributed by atoms with E-state index in [0.717, 1.165) is 0 Å². The number of aliphatic hydroxyl groups excluding tert-OH is 2. The SMILES string of the molecule is NCc1cnc(CC(CO)CO)c(CN)n1. The van der Waals surface area contributed by atoms with Gasteiger partial charge in [-0.05, 0) is 6.42 Å². The molecule has 0 fully saturated rings. The average Bonchev–Trinajstić information content (AvgIpc) is 2.35. The first-order valence-corrected chi connectivity index (χ1v) is 5.20. The van der Waals surface area contributed by atoms with E-state index in [1.807, 2.05) is 0 Å². The number of hydrogen-bond acceptors (Lipinski definition) is 6. The summed E-state index contributed by atoms with van der Waals surface area (Å²) < 4.78 is 0. The summed E-state index contributed by atoms with van der Waals surface area (Å²) in [6, 6.07) is 0. The van der Waals surface area contributed by atoms with E-state index in [4.69, 9.17) is 21.7 Å². The highest BCUT2D eigenvalue weighted by Crippen LogP contribution is 2.10. The highest BCUT2D eigenvalue weighted by molar-refractivity contribution is 5.14. The second-order valence-corrected chi connectivity index (χ2v) is 3.60. The minimum Gasteiger partial charge on any atom is -0.396 e. The number of nitrogens with zero attached hydrogens (tertiary/aromatic N) is 2. The van der Waals surface area contributed by atoms with E-state index in [0.29, 0.717) is 30.0 Å². The molecule has 0 radical (unpaired) electrons. The van der Waals surface area contributed by atoms with E-state index in [9.17, 15) is 0 Å². The van der Waals surface area contributed by atoms with E-state index in [1.165, 1.54) is 0 Å². The van der Waals surface area contributed by atoms with E-state index >= 15 is 0 Å². The molecule has 6 heteroatoms. The van der Waals surface area contributed by atoms with Crippen LogP contribution in [0, 0.1) is 5.92 Å². The van der Waals surface area contributed by atoms with Gasteiger partial charge in [-0.3, -0.25) is 9.97 Å². The fourth-order valence-electron chi connectivity index (χ4n) is 1.39. The van der Waals surface area contributed by atoms with Crippen LogP contribution in [0.15, 0.2) is 6.20 Å². The van der Waals surface area contributed by atoms with Crippen LogP contribution in [0.25, 0.3) is 0 Å². The maximum absolute atomic E-state index is 8.99. The molecule has 90 valence electrons. The van der Waals surface area contributed by atoms with Crippen LogP contribution >= 0.6 is 0 Å². The molecule has 0 saturated heterocycles. The van der Waals surface area contributed by atoms with Crippen LogP contribution in [-0.2, 0) is 19.5 Å². The number of rotatable bonds is 6. The second-order valence-electron chi connectivity index (χ2n) is 3.60. The van der Waals surface area contributed by atoms with Gasteiger partial charge in [-0.25, -0.2) is 0 Å². The first kappa shape index (κ1) is 13.0. The van der Waals surface area contributed by atoms with E-state index in [2.05, 4.69) is 9.97 Å². The fraction of sp³-hybridized carbons (Fsp3) is 0.600. The van der Waals surface area contributed by atoms with Crippen molar-refractivity contribution in [3.63, 3.8) is 0 Å². The first-order chi connectivity index (χ1) is 7.74. The Kier molecular flexibility index (Phi) is 5.27. The maximum Gasteiger partial charge on any atom is 0.0758 e. The predicted molar refractivity (Wildman–Crippen MR) is 59.2 cm³/mol. The van der Waals surface area contributed by atoms with E-state index < -0.39 is 0 Å². The van der Waals surface area contributed by atoms with E-state index in [1.54, 1.807) is 6.20 Å². The Morgan fingerprint density at radius 3 is 2.31 bits per heavy atom. The molecule has 6 nitrogen and oxygen atoms in total. The molecular weight excluding hydrogens is 208 g/mol. The summed E-state index contributed by atoms with van der Waals surface area (Å²) in [6.45, 7) is 0.436. The van der Waals surface area contributed by atoms with Crippen LogP contribution in [0.2, 0.25) is 0 Å². The van der Waals surface area contributed by atoms with Gasteiger partial charge < -0.3 is 21.7 Å². The lowest BCUT2D eigenvalue weighted by atomic mass is 10.0. The number of aromatic nitrogens is 2. The Hall–Kier alpha value is -1.08. The van der Waals surface area contributed by atoms with Crippen molar-refractivity contribution in [3.05, 3.63) is 23.3 Å². The molecule has 1 aromatic rings. The van der Waals surface area contributed by atoms with Crippen LogP contribution in [0.3, 0.4) is 0 Å². The molecule has 0 aromatic carbocycles. The molecule has 1 heterocycles. The Morgan fingerprint density at radius 2 is 1.81 bits per heavy atom. The Labute approximate surface area is 94.3 Å². The summed E-state index contributed by atoms with van der Waals surface area (Å²) in [6.07, 6.45) is 2.07. The molecule has 0 aliphatic carbocycles. The van der Waals surface area contributed by atoms with Gasteiger partial charge >= 0.3 is 0 Å². The third kappa shape index (κ3) is 3.21. The van der Waals surface area contributed by atoms with Crippen LogP contribution in [0.1, 0.15) is 17.1 Å². The zero-order valence-corrected chi connectivity index (χ0v) is 9.13. The monoisotopic (exact) mass is 226 g/mol. The van der Waals surface area contributed by atoms with Crippen molar-refractivity contribution < 1.29 is 10.2 Å². The standard InChI is InChI=1S/C10H18N4O2/c11-2-8-4-13-9(10(3-12)14-8)1-7(5-15)6-16/h4,7,15-16H,1-3,5-6,11-12H2. The Morgan fingerprint density at radius 1 is 1.12 bits per heavy atom. The van der Waals surface area contributed by atoms with Crippen LogP contribution in [0.4, 0.5) is 0 Å². The second kappa shape index (κ2) is 6.49. The average molecular weight is 226 g/mol. The molecule has 1 aromatic heterocycles. The summed E-state index contributed by atoms with van der Waals surface area (Å²) in [5, 5.41) is 18.0. The lowest BCUT2D eigenvalue weighted by Crippen LogP contribution is -2.18. The van der Waals surface area contributed by atoms with Gasteiger partial charge in [0.05, 0.1) is 23.3 Å². The van der Waals surface area contributed by atoms with Crippen molar-refractivity contribution in [2.75, 3.05) is 13.2 Å². The van der Waals surface area contributed by atoms with Gasteiger partial charge in [0.15, 0.2) is 0 Å². The van der Waals surface area contributed by atoms with Crippen molar-refractivity contribution in [2.45, 2.75) is 19.5 Å². The molecular formula is C10H18N4O2. The predicted octanol–water partition coefficient (Wildman–Crippen LogP) is -1.46. The van der Waals surface area contributed by atoms with Crippen LogP contribution in [0.5, 0.6) is 0 Å². The Balaban J connectivity index is 2.86. The molecule has 0 atom stereocenters. The van der Waals surface area contributed by atoms with Crippen LogP contribution in [-0.4, -0.2) is 33.4 Å². The summed E-state index contributed by atoms with van der Waals surface area (Å²) in [7, 11) is 0. The molecule has 0 saturated carbocycles. The van der Waals surface area contributed by atoms with Gasteiger partial charge in [0.25, 0.3) is 0 Å². The van der Waals surface area contributed by atoms with Crippen LogP contribution < -0.4 is 11.5 Å². The van der Waals surface area contributed by atoms with Crippen molar-refractivity contribution in [2.24, 2.45) is 17.4 Å². The highest BCUT2D eigenvalue weighted by Gasteiger charge is 2.12. The molecule has 1 rings (SSSR count). The molecule has 0 amide bonds. The number of aliphatic hydroxyl groups is 2. The minimum atomic E-state index is -0.219. The largest absolute Gasteiger partial charge is 0.396 e. The Bertz CT molecular complexity index is 329. The minimum absolute atomic E-state index is 0.0825.